The maximum atomic E-state index is 12.8. The molecule has 8 nitrogen and oxygen atoms in total. The average molecular weight is 380 g/mol. The number of urea groups is 1. The van der Waals surface area contributed by atoms with E-state index in [1.165, 1.54) is 11.9 Å². The van der Waals surface area contributed by atoms with Gasteiger partial charge in [0, 0.05) is 14.1 Å². The summed E-state index contributed by atoms with van der Waals surface area (Å²) in [6, 6.07) is 6.67. The van der Waals surface area contributed by atoms with Gasteiger partial charge >= 0.3 is 12.0 Å². The van der Waals surface area contributed by atoms with Crippen LogP contribution in [0.15, 0.2) is 47.6 Å². The molecular weight excluding hydrogens is 358 g/mol. The molecule has 1 aromatic heterocycles. The molecule has 144 valence electrons. The Morgan fingerprint density at radius 1 is 1.21 bits per heavy atom. The summed E-state index contributed by atoms with van der Waals surface area (Å²) in [7, 11) is 3.12. The minimum atomic E-state index is -0.640. The second kappa shape index (κ2) is 6.63. The van der Waals surface area contributed by atoms with Crippen molar-refractivity contribution in [3.05, 3.63) is 48.3 Å². The van der Waals surface area contributed by atoms with Crippen LogP contribution in [0.1, 0.15) is 18.7 Å². The van der Waals surface area contributed by atoms with Gasteiger partial charge in [-0.1, -0.05) is 29.3 Å². The number of nitrogens with zero attached hydrogens (tertiary/aromatic N) is 5. The molecule has 0 spiro atoms. The number of aryl methyl sites for hydroxylation is 1. The molecule has 0 aliphatic carbocycles. The van der Waals surface area contributed by atoms with Crippen LogP contribution in [0.4, 0.5) is 10.7 Å². The molecule has 0 bridgehead atoms. The van der Waals surface area contributed by atoms with E-state index in [0.717, 1.165) is 16.3 Å². The lowest BCUT2D eigenvalue weighted by Gasteiger charge is -2.30. The van der Waals surface area contributed by atoms with Crippen LogP contribution in [0, 0.1) is 6.92 Å². The van der Waals surface area contributed by atoms with E-state index in [9.17, 15) is 9.59 Å². The number of benzene rings is 1. The number of rotatable bonds is 4. The van der Waals surface area contributed by atoms with Crippen LogP contribution in [0.25, 0.3) is 5.69 Å². The molecule has 0 N–H and O–H groups in total. The molecule has 28 heavy (non-hydrogen) atoms. The molecule has 3 heterocycles. The van der Waals surface area contributed by atoms with Crippen molar-refractivity contribution in [2.24, 2.45) is 4.99 Å². The van der Waals surface area contributed by atoms with Gasteiger partial charge in [-0.3, -0.25) is 14.6 Å². The lowest BCUT2D eigenvalue weighted by molar-refractivity contribution is -0.676. The molecule has 1 aromatic carbocycles. The summed E-state index contributed by atoms with van der Waals surface area (Å²) in [6.07, 6.45) is 5.75. The molecule has 2 aliphatic rings. The summed E-state index contributed by atoms with van der Waals surface area (Å²) >= 11 is 0. The van der Waals surface area contributed by atoms with Crippen LogP contribution in [0.2, 0.25) is 0 Å². The first-order valence-corrected chi connectivity index (χ1v) is 9.06. The second-order valence-electron chi connectivity index (χ2n) is 6.77. The number of imide groups is 1. The number of para-hydroxylation sites is 2. The zero-order valence-corrected chi connectivity index (χ0v) is 16.3. The number of amides is 3. The van der Waals surface area contributed by atoms with Gasteiger partial charge in [-0.25, -0.2) is 9.36 Å². The molecule has 8 heteroatoms. The third-order valence-corrected chi connectivity index (χ3v) is 5.01. The van der Waals surface area contributed by atoms with E-state index in [1.807, 2.05) is 65.6 Å². The maximum absolute atomic E-state index is 12.8. The highest BCUT2D eigenvalue weighted by Crippen LogP contribution is 2.33. The van der Waals surface area contributed by atoms with E-state index in [2.05, 4.69) is 4.99 Å². The fourth-order valence-corrected chi connectivity index (χ4v) is 3.56. The number of amidine groups is 1. The Labute approximate surface area is 163 Å². The Kier molecular flexibility index (Phi) is 4.26. The van der Waals surface area contributed by atoms with Gasteiger partial charge in [0.1, 0.15) is 24.2 Å². The highest BCUT2D eigenvalue weighted by Gasteiger charge is 2.52. The van der Waals surface area contributed by atoms with Crippen LogP contribution < -0.4 is 9.30 Å². The summed E-state index contributed by atoms with van der Waals surface area (Å²) in [6.45, 7) is 4.36. The number of imidazole rings is 1. The van der Waals surface area contributed by atoms with Crippen LogP contribution in [0.5, 0.6) is 5.75 Å². The van der Waals surface area contributed by atoms with Crippen LogP contribution in [-0.4, -0.2) is 52.8 Å². The first-order valence-electron chi connectivity index (χ1n) is 9.06. The third kappa shape index (κ3) is 2.52. The van der Waals surface area contributed by atoms with E-state index in [1.54, 1.807) is 7.05 Å². The molecule has 2 aliphatic heterocycles. The van der Waals surface area contributed by atoms with E-state index >= 15 is 0 Å². The largest absolute Gasteiger partial charge is 0.486 e. The summed E-state index contributed by atoms with van der Waals surface area (Å²) in [5.41, 5.74) is 1.74. The van der Waals surface area contributed by atoms with Gasteiger partial charge in [-0.2, -0.15) is 4.57 Å². The van der Waals surface area contributed by atoms with Gasteiger partial charge in [0.15, 0.2) is 5.75 Å². The zero-order valence-electron chi connectivity index (χ0n) is 16.3. The molecule has 1 atom stereocenters. The predicted molar refractivity (Wildman–Crippen MR) is 103 cm³/mol. The number of allylic oxidation sites excluding steroid dienone is 1. The van der Waals surface area contributed by atoms with Gasteiger partial charge in [0.2, 0.25) is 11.9 Å². The van der Waals surface area contributed by atoms with E-state index in [0.29, 0.717) is 24.1 Å². The van der Waals surface area contributed by atoms with Crippen LogP contribution >= 0.6 is 0 Å². The average Bonchev–Trinajstić information content (AvgIpc) is 3.20. The smallest absolute Gasteiger partial charge is 0.407 e. The van der Waals surface area contributed by atoms with Gasteiger partial charge in [0.25, 0.3) is 5.91 Å². The Morgan fingerprint density at radius 3 is 2.71 bits per heavy atom. The number of carbonyl (C=O) groups excluding carboxylic acids is 2. The van der Waals surface area contributed by atoms with Crippen LogP contribution in [0.3, 0.4) is 0 Å². The molecule has 3 amide bonds. The normalized spacial score (nSPS) is 18.6. The van der Waals surface area contributed by atoms with Crippen molar-refractivity contribution in [3.63, 3.8) is 0 Å². The minimum absolute atomic E-state index is 0.291. The number of fused-ring (bicyclic) bond motifs is 3. The SMILES string of the molecule is C/C=C/COc1ccccc1-n1c(C)c[n+]2c1N=C1C2C(=O)N(C)C(=O)N1C. The Balaban J connectivity index is 1.84. The number of aliphatic imine (C=N–C) groups is 1. The van der Waals surface area contributed by atoms with Crippen molar-refractivity contribution in [2.75, 3.05) is 20.7 Å². The fourth-order valence-electron chi connectivity index (χ4n) is 3.56. The summed E-state index contributed by atoms with van der Waals surface area (Å²) in [5, 5.41) is 0. The van der Waals surface area contributed by atoms with Crippen molar-refractivity contribution < 1.29 is 18.9 Å². The fraction of sp³-hybridized carbons (Fsp3) is 0.300. The lowest BCUT2D eigenvalue weighted by Crippen LogP contribution is -2.61. The summed E-state index contributed by atoms with van der Waals surface area (Å²) < 4.78 is 9.67. The number of hydrogen-bond donors (Lipinski definition) is 0. The maximum Gasteiger partial charge on any atom is 0.407 e. The minimum Gasteiger partial charge on any atom is -0.486 e. The summed E-state index contributed by atoms with van der Waals surface area (Å²) in [4.78, 5) is 32.3. The molecule has 0 radical (unpaired) electrons. The van der Waals surface area contributed by atoms with Gasteiger partial charge in [-0.15, -0.1) is 0 Å². The molecular formula is C20H22N5O3+. The molecule has 1 saturated heterocycles. The molecule has 1 unspecified atom stereocenters. The lowest BCUT2D eigenvalue weighted by atomic mass is 10.2. The quantitative estimate of drug-likeness (QED) is 0.603. The molecule has 1 fully saturated rings. The van der Waals surface area contributed by atoms with Crippen molar-refractivity contribution in [1.82, 2.24) is 14.4 Å². The van der Waals surface area contributed by atoms with Crippen LogP contribution in [-0.2, 0) is 4.79 Å². The second-order valence-corrected chi connectivity index (χ2v) is 6.77. The number of likely N-dealkylation sites (N-methyl/N-ethyl adjacent to an activating group) is 2. The molecule has 2 aromatic rings. The zero-order chi connectivity index (χ0) is 20.0. The number of ether oxygens (including phenoxy) is 1. The van der Waals surface area contributed by atoms with E-state index in [4.69, 9.17) is 4.74 Å². The topological polar surface area (TPSA) is 71.0 Å². The monoisotopic (exact) mass is 380 g/mol. The van der Waals surface area contributed by atoms with Gasteiger partial charge in [0.05, 0.1) is 0 Å². The highest BCUT2D eigenvalue weighted by molar-refractivity contribution is 6.18. The molecule has 4 rings (SSSR count). The molecule has 0 saturated carbocycles. The number of aromatic nitrogens is 2. The Morgan fingerprint density at radius 2 is 1.96 bits per heavy atom. The number of carbonyl (C=O) groups is 2. The highest BCUT2D eigenvalue weighted by atomic mass is 16.5. The van der Waals surface area contributed by atoms with Crippen molar-refractivity contribution in [2.45, 2.75) is 19.9 Å². The first-order chi connectivity index (χ1) is 13.5. The Bertz CT molecular complexity index is 1040. The van der Waals surface area contributed by atoms with E-state index in [-0.39, 0.29) is 11.9 Å². The Hall–Kier alpha value is -3.42. The van der Waals surface area contributed by atoms with E-state index < -0.39 is 6.04 Å². The predicted octanol–water partition coefficient (Wildman–Crippen LogP) is 2.14. The van der Waals surface area contributed by atoms with Gasteiger partial charge < -0.3 is 4.74 Å². The first kappa shape index (κ1) is 18.0. The van der Waals surface area contributed by atoms with Crippen molar-refractivity contribution in [1.29, 1.82) is 0 Å². The standard InChI is InChI=1S/C20H22N5O3/c1-5-6-11-28-15-10-8-7-9-14(15)25-13(2)12-24-16-17(21-19(24)25)22(3)20(27)23(4)18(16)26/h5-10,12,16H,11H2,1-4H3/q+1/b6-5+. The third-order valence-electron chi connectivity index (χ3n) is 5.01. The van der Waals surface area contributed by atoms with Crippen molar-refractivity contribution in [3.8, 4) is 11.4 Å². The number of hydrogen-bond acceptors (Lipinski definition) is 4. The van der Waals surface area contributed by atoms with Crippen molar-refractivity contribution >= 4 is 23.7 Å². The van der Waals surface area contributed by atoms with Gasteiger partial charge in [-0.05, 0) is 26.0 Å². The summed E-state index contributed by atoms with van der Waals surface area (Å²) in [5.74, 6) is 1.44.